The molecule has 1 rings (SSSR count). The molecule has 0 aromatic heterocycles. The molecular formula is C18H37N3O2. The zero-order valence-electron chi connectivity index (χ0n) is 16.1. The quantitative estimate of drug-likeness (QED) is 0.788. The van der Waals surface area contributed by atoms with E-state index >= 15 is 0 Å². The summed E-state index contributed by atoms with van der Waals surface area (Å²) in [5.41, 5.74) is -0.445. The number of carbonyl (C=O) groups is 1. The van der Waals surface area contributed by atoms with Crippen LogP contribution in [0.3, 0.4) is 0 Å². The van der Waals surface area contributed by atoms with Gasteiger partial charge in [0.2, 0.25) is 0 Å². The summed E-state index contributed by atoms with van der Waals surface area (Å²) < 4.78 is 5.31. The first-order valence-corrected chi connectivity index (χ1v) is 8.99. The third kappa shape index (κ3) is 8.02. The highest BCUT2D eigenvalue weighted by Crippen LogP contribution is 2.17. The van der Waals surface area contributed by atoms with Gasteiger partial charge in [-0.25, -0.2) is 4.79 Å². The average molecular weight is 328 g/mol. The van der Waals surface area contributed by atoms with E-state index in [-0.39, 0.29) is 6.09 Å². The Bertz CT molecular complexity index is 366. The summed E-state index contributed by atoms with van der Waals surface area (Å²) >= 11 is 0. The van der Waals surface area contributed by atoms with Crippen LogP contribution in [0.15, 0.2) is 0 Å². The van der Waals surface area contributed by atoms with E-state index in [9.17, 15) is 4.79 Å². The predicted molar refractivity (Wildman–Crippen MR) is 95.7 cm³/mol. The molecule has 136 valence electrons. The van der Waals surface area contributed by atoms with Gasteiger partial charge in [0.1, 0.15) is 5.60 Å². The minimum absolute atomic E-state index is 0.323. The number of rotatable bonds is 6. The lowest BCUT2D eigenvalue weighted by Crippen LogP contribution is -2.48. The molecule has 0 saturated carbocycles. The van der Waals surface area contributed by atoms with Crippen LogP contribution >= 0.6 is 0 Å². The van der Waals surface area contributed by atoms with Crippen LogP contribution in [0.5, 0.6) is 0 Å². The molecule has 0 aliphatic carbocycles. The molecule has 1 saturated heterocycles. The number of likely N-dealkylation sites (tertiary alicyclic amines) is 1. The number of ether oxygens (including phenoxy) is 1. The van der Waals surface area contributed by atoms with Crippen molar-refractivity contribution in [2.45, 2.75) is 72.1 Å². The Balaban J connectivity index is 2.36. The van der Waals surface area contributed by atoms with Gasteiger partial charge < -0.3 is 20.3 Å². The number of nitrogens with zero attached hydrogens (tertiary/aromatic N) is 1. The van der Waals surface area contributed by atoms with Gasteiger partial charge in [0, 0.05) is 25.2 Å². The van der Waals surface area contributed by atoms with Crippen molar-refractivity contribution < 1.29 is 9.53 Å². The Labute approximate surface area is 142 Å². The third-order valence-corrected chi connectivity index (χ3v) is 4.73. The smallest absolute Gasteiger partial charge is 0.407 e. The molecule has 0 bridgehead atoms. The summed E-state index contributed by atoms with van der Waals surface area (Å²) in [5, 5.41) is 6.62. The highest BCUT2D eigenvalue weighted by molar-refractivity contribution is 5.67. The van der Waals surface area contributed by atoms with Gasteiger partial charge >= 0.3 is 6.09 Å². The summed E-state index contributed by atoms with van der Waals surface area (Å²) in [5.74, 6) is 0.929. The SMILES string of the molecule is CC(C)C(CNC(=O)OC(C)(C)C)CNC1CCN(C)C(C)C1. The summed E-state index contributed by atoms with van der Waals surface area (Å²) in [6.45, 7) is 15.1. The fourth-order valence-electron chi connectivity index (χ4n) is 2.87. The maximum Gasteiger partial charge on any atom is 0.407 e. The molecule has 1 aliphatic heterocycles. The largest absolute Gasteiger partial charge is 0.444 e. The van der Waals surface area contributed by atoms with Crippen LogP contribution in [-0.2, 0) is 4.74 Å². The number of amides is 1. The number of piperidine rings is 1. The second kappa shape index (κ2) is 8.88. The Morgan fingerprint density at radius 1 is 1.30 bits per heavy atom. The second-order valence-corrected chi connectivity index (χ2v) is 8.35. The molecule has 0 radical (unpaired) electrons. The van der Waals surface area contributed by atoms with Gasteiger partial charge in [-0.15, -0.1) is 0 Å². The number of hydrogen-bond donors (Lipinski definition) is 2. The van der Waals surface area contributed by atoms with Crippen LogP contribution in [0.25, 0.3) is 0 Å². The van der Waals surface area contributed by atoms with E-state index < -0.39 is 5.60 Å². The Kier molecular flexibility index (Phi) is 7.81. The number of hydrogen-bond acceptors (Lipinski definition) is 4. The zero-order chi connectivity index (χ0) is 17.6. The van der Waals surface area contributed by atoms with Crippen LogP contribution in [0.4, 0.5) is 4.79 Å². The molecule has 3 atom stereocenters. The highest BCUT2D eigenvalue weighted by atomic mass is 16.6. The van der Waals surface area contributed by atoms with Crippen LogP contribution in [0, 0.1) is 11.8 Å². The van der Waals surface area contributed by atoms with Gasteiger partial charge in [0.25, 0.3) is 0 Å². The van der Waals surface area contributed by atoms with Gasteiger partial charge in [-0.05, 0) is 66.0 Å². The van der Waals surface area contributed by atoms with Crippen molar-refractivity contribution in [2.24, 2.45) is 11.8 Å². The highest BCUT2D eigenvalue weighted by Gasteiger charge is 2.24. The van der Waals surface area contributed by atoms with E-state index in [1.807, 2.05) is 20.8 Å². The van der Waals surface area contributed by atoms with E-state index in [4.69, 9.17) is 4.74 Å². The molecule has 1 amide bonds. The van der Waals surface area contributed by atoms with E-state index in [2.05, 4.69) is 43.4 Å². The Hall–Kier alpha value is -0.810. The van der Waals surface area contributed by atoms with Crippen LogP contribution in [0.2, 0.25) is 0 Å². The maximum absolute atomic E-state index is 11.8. The summed E-state index contributed by atoms with van der Waals surface area (Å²) in [6.07, 6.45) is 2.07. The number of alkyl carbamates (subject to hydrolysis) is 1. The van der Waals surface area contributed by atoms with E-state index in [1.54, 1.807) is 0 Å². The van der Waals surface area contributed by atoms with Gasteiger partial charge in [0.15, 0.2) is 0 Å². The van der Waals surface area contributed by atoms with Crippen LogP contribution < -0.4 is 10.6 Å². The first kappa shape index (κ1) is 20.2. The molecule has 1 heterocycles. The number of carbonyl (C=O) groups excluding carboxylic acids is 1. The van der Waals surface area contributed by atoms with Crippen LogP contribution in [0.1, 0.15) is 54.4 Å². The lowest BCUT2D eigenvalue weighted by Gasteiger charge is -2.36. The fourth-order valence-corrected chi connectivity index (χ4v) is 2.87. The Morgan fingerprint density at radius 2 is 1.96 bits per heavy atom. The lowest BCUT2D eigenvalue weighted by molar-refractivity contribution is 0.0514. The zero-order valence-corrected chi connectivity index (χ0v) is 16.1. The minimum Gasteiger partial charge on any atom is -0.444 e. The molecule has 5 nitrogen and oxygen atoms in total. The first-order valence-electron chi connectivity index (χ1n) is 8.99. The third-order valence-electron chi connectivity index (χ3n) is 4.73. The Morgan fingerprint density at radius 3 is 2.48 bits per heavy atom. The maximum atomic E-state index is 11.8. The van der Waals surface area contributed by atoms with Gasteiger partial charge in [-0.2, -0.15) is 0 Å². The standard InChI is InChI=1S/C18H37N3O2/c1-13(2)15(12-20-17(22)23-18(4,5)6)11-19-16-8-9-21(7)14(3)10-16/h13-16,19H,8-12H2,1-7H3,(H,20,22). The molecule has 1 aliphatic rings. The normalized spacial score (nSPS) is 24.5. The molecule has 1 fully saturated rings. The molecule has 3 unspecified atom stereocenters. The summed E-state index contributed by atoms with van der Waals surface area (Å²) in [6, 6.07) is 1.22. The first-order chi connectivity index (χ1) is 10.6. The molecular weight excluding hydrogens is 290 g/mol. The molecule has 5 heteroatoms. The van der Waals surface area contributed by atoms with E-state index in [0.717, 1.165) is 13.1 Å². The topological polar surface area (TPSA) is 53.6 Å². The van der Waals surface area contributed by atoms with Crippen molar-refractivity contribution in [3.05, 3.63) is 0 Å². The van der Waals surface area contributed by atoms with Crippen molar-refractivity contribution >= 4 is 6.09 Å². The monoisotopic (exact) mass is 327 g/mol. The van der Waals surface area contributed by atoms with Crippen LogP contribution in [-0.4, -0.2) is 55.4 Å². The summed E-state index contributed by atoms with van der Waals surface area (Å²) in [7, 11) is 2.20. The minimum atomic E-state index is -0.445. The fraction of sp³-hybridized carbons (Fsp3) is 0.944. The molecule has 0 aromatic rings. The predicted octanol–water partition coefficient (Wildman–Crippen LogP) is 2.86. The van der Waals surface area contributed by atoms with Gasteiger partial charge in [0.05, 0.1) is 0 Å². The summed E-state index contributed by atoms with van der Waals surface area (Å²) in [4.78, 5) is 14.2. The van der Waals surface area contributed by atoms with Crippen molar-refractivity contribution in [1.29, 1.82) is 0 Å². The molecule has 2 N–H and O–H groups in total. The van der Waals surface area contributed by atoms with Crippen molar-refractivity contribution in [3.63, 3.8) is 0 Å². The average Bonchev–Trinajstić information content (AvgIpc) is 2.40. The van der Waals surface area contributed by atoms with Crippen molar-refractivity contribution in [2.75, 3.05) is 26.7 Å². The second-order valence-electron chi connectivity index (χ2n) is 8.35. The van der Waals surface area contributed by atoms with Gasteiger partial charge in [-0.3, -0.25) is 0 Å². The number of nitrogens with one attached hydrogen (secondary N) is 2. The van der Waals surface area contributed by atoms with Gasteiger partial charge in [-0.1, -0.05) is 13.8 Å². The molecule has 0 spiro atoms. The lowest BCUT2D eigenvalue weighted by atomic mass is 9.93. The van der Waals surface area contributed by atoms with Crippen molar-refractivity contribution in [1.82, 2.24) is 15.5 Å². The van der Waals surface area contributed by atoms with E-state index in [1.165, 1.54) is 12.8 Å². The molecule has 23 heavy (non-hydrogen) atoms. The van der Waals surface area contributed by atoms with E-state index in [0.29, 0.717) is 30.5 Å². The van der Waals surface area contributed by atoms with Crippen molar-refractivity contribution in [3.8, 4) is 0 Å². The molecule has 0 aromatic carbocycles.